The molecule has 0 saturated heterocycles. The van der Waals surface area contributed by atoms with Gasteiger partial charge in [0.25, 0.3) is 0 Å². The summed E-state index contributed by atoms with van der Waals surface area (Å²) in [6.07, 6.45) is 4.40. The third-order valence-corrected chi connectivity index (χ3v) is 3.70. The number of allylic oxidation sites excluding steroid dienone is 2. The van der Waals surface area contributed by atoms with Gasteiger partial charge in [-0.15, -0.1) is 0 Å². The lowest BCUT2D eigenvalue weighted by atomic mass is 9.73. The van der Waals surface area contributed by atoms with Crippen LogP contribution in [0.3, 0.4) is 0 Å². The van der Waals surface area contributed by atoms with Gasteiger partial charge in [0.15, 0.2) is 0 Å². The van der Waals surface area contributed by atoms with Crippen LogP contribution in [0.1, 0.15) is 41.5 Å². The zero-order valence-electron chi connectivity index (χ0n) is 12.8. The number of nitrogens with zero attached hydrogens (tertiary/aromatic N) is 1. The average Bonchev–Trinajstić information content (AvgIpc) is 2.67. The van der Waals surface area contributed by atoms with E-state index in [4.69, 9.17) is 4.74 Å². The molecule has 0 saturated carbocycles. The molecule has 1 aliphatic carbocycles. The van der Waals surface area contributed by atoms with E-state index in [-0.39, 0.29) is 29.6 Å². The smallest absolute Gasteiger partial charge is 0.211 e. The zero-order chi connectivity index (χ0) is 14.4. The highest BCUT2D eigenvalue weighted by molar-refractivity contribution is 5.80. The summed E-state index contributed by atoms with van der Waals surface area (Å²) in [5.74, 6) is 0.455. The van der Waals surface area contributed by atoms with Crippen molar-refractivity contribution in [3.63, 3.8) is 0 Å². The van der Waals surface area contributed by atoms with E-state index in [1.165, 1.54) is 11.1 Å². The van der Waals surface area contributed by atoms with E-state index < -0.39 is 0 Å². The maximum absolute atomic E-state index is 9.23. The van der Waals surface area contributed by atoms with Gasteiger partial charge in [-0.1, -0.05) is 53.7 Å². The number of hydrogen-bond acceptors (Lipinski definition) is 3. The number of fused-ring (bicyclic) bond motifs is 1. The van der Waals surface area contributed by atoms with Crippen molar-refractivity contribution in [2.24, 2.45) is 15.8 Å². The molecule has 2 rings (SSSR count). The first kappa shape index (κ1) is 14.3. The van der Waals surface area contributed by atoms with Crippen molar-refractivity contribution in [3.8, 4) is 0 Å². The van der Waals surface area contributed by atoms with E-state index in [1.54, 1.807) is 0 Å². The van der Waals surface area contributed by atoms with Crippen LogP contribution in [-0.2, 0) is 4.74 Å². The number of hydrogen-bond donors (Lipinski definition) is 1. The van der Waals surface area contributed by atoms with Crippen LogP contribution in [0, 0.1) is 10.8 Å². The summed E-state index contributed by atoms with van der Waals surface area (Å²) >= 11 is 0. The van der Waals surface area contributed by atoms with Crippen molar-refractivity contribution in [1.29, 1.82) is 0 Å². The fourth-order valence-electron chi connectivity index (χ4n) is 2.52. The van der Waals surface area contributed by atoms with Crippen LogP contribution < -0.4 is 0 Å². The molecule has 1 heterocycles. The first-order valence-electron chi connectivity index (χ1n) is 6.91. The molecule has 0 radical (unpaired) electrons. The van der Waals surface area contributed by atoms with Crippen molar-refractivity contribution in [1.82, 2.24) is 0 Å². The Morgan fingerprint density at radius 2 is 1.79 bits per heavy atom. The molecular weight excluding hydrogens is 238 g/mol. The summed E-state index contributed by atoms with van der Waals surface area (Å²) in [6.45, 7) is 13.1. The molecule has 3 heteroatoms. The highest BCUT2D eigenvalue weighted by atomic mass is 16.5. The Labute approximate surface area is 116 Å². The van der Waals surface area contributed by atoms with Gasteiger partial charge in [0.05, 0.1) is 0 Å². The lowest BCUT2D eigenvalue weighted by molar-refractivity contribution is 0.191. The molecular formula is C16H25NO2. The van der Waals surface area contributed by atoms with Gasteiger partial charge in [-0.2, -0.15) is 0 Å². The number of rotatable bonds is 1. The topological polar surface area (TPSA) is 41.8 Å². The molecule has 106 valence electrons. The average molecular weight is 263 g/mol. The Kier molecular flexibility index (Phi) is 3.38. The Bertz CT molecular complexity index is 458. The Morgan fingerprint density at radius 1 is 1.16 bits per heavy atom. The second-order valence-electron chi connectivity index (χ2n) is 7.43. The van der Waals surface area contributed by atoms with Gasteiger partial charge in [-0.25, -0.2) is 4.99 Å². The lowest BCUT2D eigenvalue weighted by Gasteiger charge is -2.35. The van der Waals surface area contributed by atoms with Crippen LogP contribution in [0.25, 0.3) is 0 Å². The fraction of sp³-hybridized carbons (Fsp3) is 0.688. The van der Waals surface area contributed by atoms with E-state index in [0.29, 0.717) is 5.90 Å². The standard InChI is InChI=1S/C16H25NO2/c1-15(2,3)10-7-11(16(4,5)6)14-12(8-10)17-13(9-18)19-14/h7-8,12,14,18H,9H2,1-6H3. The molecule has 0 amide bonds. The van der Waals surface area contributed by atoms with Crippen molar-refractivity contribution in [3.05, 3.63) is 23.3 Å². The van der Waals surface area contributed by atoms with Crippen molar-refractivity contribution in [2.75, 3.05) is 6.61 Å². The molecule has 1 N–H and O–H groups in total. The normalized spacial score (nSPS) is 27.2. The molecule has 0 bridgehead atoms. The molecule has 2 unspecified atom stereocenters. The summed E-state index contributed by atoms with van der Waals surface area (Å²) < 4.78 is 5.80. The quantitative estimate of drug-likeness (QED) is 0.790. The Hall–Kier alpha value is -1.09. The van der Waals surface area contributed by atoms with Crippen molar-refractivity contribution >= 4 is 5.90 Å². The molecule has 2 atom stereocenters. The van der Waals surface area contributed by atoms with Gasteiger partial charge < -0.3 is 9.84 Å². The van der Waals surface area contributed by atoms with Crippen molar-refractivity contribution < 1.29 is 9.84 Å². The van der Waals surface area contributed by atoms with Crippen LogP contribution in [0.4, 0.5) is 0 Å². The summed E-state index contributed by atoms with van der Waals surface area (Å²) in [7, 11) is 0. The van der Waals surface area contributed by atoms with Gasteiger partial charge in [0.1, 0.15) is 18.8 Å². The number of ether oxygens (including phenoxy) is 1. The predicted octanol–water partition coefficient (Wildman–Crippen LogP) is 3.10. The summed E-state index contributed by atoms with van der Waals surface area (Å²) in [5, 5.41) is 9.23. The van der Waals surface area contributed by atoms with Gasteiger partial charge in [-0.05, 0) is 22.0 Å². The molecule has 3 nitrogen and oxygen atoms in total. The fourth-order valence-corrected chi connectivity index (χ4v) is 2.52. The molecule has 0 fully saturated rings. The van der Waals surface area contributed by atoms with Crippen molar-refractivity contribution in [2.45, 2.75) is 53.7 Å². The molecule has 2 aliphatic rings. The van der Waals surface area contributed by atoms with Gasteiger partial charge in [0, 0.05) is 0 Å². The van der Waals surface area contributed by atoms with E-state index in [1.807, 2.05) is 0 Å². The number of aliphatic imine (C=N–C) groups is 1. The van der Waals surface area contributed by atoms with Gasteiger partial charge in [0.2, 0.25) is 5.90 Å². The minimum Gasteiger partial charge on any atom is -0.469 e. The van der Waals surface area contributed by atoms with E-state index >= 15 is 0 Å². The monoisotopic (exact) mass is 263 g/mol. The molecule has 0 aromatic carbocycles. The number of aliphatic hydroxyl groups excluding tert-OH is 1. The van der Waals surface area contributed by atoms with Crippen LogP contribution in [0.5, 0.6) is 0 Å². The largest absolute Gasteiger partial charge is 0.469 e. The van der Waals surface area contributed by atoms with E-state index in [9.17, 15) is 5.11 Å². The summed E-state index contributed by atoms with van der Waals surface area (Å²) in [4.78, 5) is 4.48. The predicted molar refractivity (Wildman–Crippen MR) is 78.3 cm³/mol. The highest BCUT2D eigenvalue weighted by Gasteiger charge is 2.40. The maximum Gasteiger partial charge on any atom is 0.211 e. The molecule has 19 heavy (non-hydrogen) atoms. The lowest BCUT2D eigenvalue weighted by Crippen LogP contribution is -2.34. The third-order valence-electron chi connectivity index (χ3n) is 3.70. The third kappa shape index (κ3) is 2.76. The van der Waals surface area contributed by atoms with Gasteiger partial charge in [-0.3, -0.25) is 0 Å². The Balaban J connectivity index is 2.44. The molecule has 0 aromatic heterocycles. The molecule has 1 aliphatic heterocycles. The zero-order valence-corrected chi connectivity index (χ0v) is 12.8. The molecule has 0 aromatic rings. The van der Waals surface area contributed by atoms with Crippen LogP contribution >= 0.6 is 0 Å². The highest BCUT2D eigenvalue weighted by Crippen LogP contribution is 2.42. The van der Waals surface area contributed by atoms with Crippen LogP contribution in [-0.4, -0.2) is 29.8 Å². The second kappa shape index (κ2) is 4.48. The SMILES string of the molecule is CC(C)(C)C1=CC2N=C(CO)OC2C(C(C)(C)C)=C1. The minimum atomic E-state index is -0.122. The van der Waals surface area contributed by atoms with Crippen LogP contribution in [0.2, 0.25) is 0 Å². The van der Waals surface area contributed by atoms with Crippen LogP contribution in [0.15, 0.2) is 28.3 Å². The van der Waals surface area contributed by atoms with Gasteiger partial charge >= 0.3 is 0 Å². The molecule has 0 spiro atoms. The summed E-state index contributed by atoms with van der Waals surface area (Å²) in [6, 6.07) is 0.00981. The summed E-state index contributed by atoms with van der Waals surface area (Å²) in [5.41, 5.74) is 2.69. The van der Waals surface area contributed by atoms with E-state index in [0.717, 1.165) is 0 Å². The maximum atomic E-state index is 9.23. The second-order valence-corrected chi connectivity index (χ2v) is 7.43. The first-order valence-corrected chi connectivity index (χ1v) is 6.91. The minimum absolute atomic E-state index is 0.00981. The van der Waals surface area contributed by atoms with E-state index in [2.05, 4.69) is 58.7 Å². The Morgan fingerprint density at radius 3 is 2.26 bits per heavy atom. The first-order chi connectivity index (χ1) is 8.63. The number of aliphatic hydroxyl groups is 1.